The molecular weight excluding hydrogens is 330 g/mol. The zero-order valence-corrected chi connectivity index (χ0v) is 15.5. The van der Waals surface area contributed by atoms with Crippen molar-refractivity contribution in [3.63, 3.8) is 0 Å². The van der Waals surface area contributed by atoms with Gasteiger partial charge < -0.3 is 9.80 Å². The summed E-state index contributed by atoms with van der Waals surface area (Å²) in [5.41, 5.74) is 3.77. The predicted molar refractivity (Wildman–Crippen MR) is 104 cm³/mol. The lowest BCUT2D eigenvalue weighted by atomic mass is 10.2. The molecule has 128 valence electrons. The van der Waals surface area contributed by atoms with Crippen LogP contribution in [0.15, 0.2) is 60.0 Å². The summed E-state index contributed by atoms with van der Waals surface area (Å²) in [6, 6.07) is 18.1. The second kappa shape index (κ2) is 7.49. The molecule has 1 heterocycles. The van der Waals surface area contributed by atoms with E-state index in [1.165, 1.54) is 11.3 Å². The average molecular weight is 351 g/mol. The van der Waals surface area contributed by atoms with E-state index in [1.54, 1.807) is 4.90 Å². The van der Waals surface area contributed by atoms with Gasteiger partial charge in [0.25, 0.3) is 5.91 Å². The summed E-state index contributed by atoms with van der Waals surface area (Å²) >= 11 is 1.50. The van der Waals surface area contributed by atoms with E-state index in [1.807, 2.05) is 56.9 Å². The van der Waals surface area contributed by atoms with Crippen LogP contribution >= 0.6 is 11.3 Å². The third kappa shape index (κ3) is 4.06. The molecule has 0 atom stereocenters. The van der Waals surface area contributed by atoms with E-state index in [2.05, 4.69) is 34.1 Å². The number of carbonyl (C=O) groups is 1. The Hall–Kier alpha value is -2.66. The lowest BCUT2D eigenvalue weighted by molar-refractivity contribution is 0.0780. The molecule has 0 saturated heterocycles. The van der Waals surface area contributed by atoms with Gasteiger partial charge >= 0.3 is 0 Å². The van der Waals surface area contributed by atoms with Gasteiger partial charge in [0.15, 0.2) is 0 Å². The molecule has 4 nitrogen and oxygen atoms in total. The molecule has 1 amide bonds. The molecule has 0 N–H and O–H groups in total. The highest BCUT2D eigenvalue weighted by atomic mass is 32.1. The third-order valence-electron chi connectivity index (χ3n) is 3.96. The van der Waals surface area contributed by atoms with Crippen LogP contribution in [0.3, 0.4) is 0 Å². The zero-order valence-electron chi connectivity index (χ0n) is 14.6. The van der Waals surface area contributed by atoms with Crippen LogP contribution in [0.5, 0.6) is 0 Å². The molecule has 0 fully saturated rings. The fraction of sp³-hybridized carbons (Fsp3) is 0.200. The van der Waals surface area contributed by atoms with Gasteiger partial charge in [-0.3, -0.25) is 4.79 Å². The van der Waals surface area contributed by atoms with Gasteiger partial charge in [0, 0.05) is 44.3 Å². The smallest absolute Gasteiger partial charge is 0.273 e. The predicted octanol–water partition coefficient (Wildman–Crippen LogP) is 4.15. The monoisotopic (exact) mass is 351 g/mol. The minimum Gasteiger partial charge on any atom is -0.378 e. The summed E-state index contributed by atoms with van der Waals surface area (Å²) in [6.45, 7) is 0.560. The van der Waals surface area contributed by atoms with Gasteiger partial charge in [0.05, 0.1) is 0 Å². The number of benzene rings is 2. The highest BCUT2D eigenvalue weighted by molar-refractivity contribution is 7.13. The second-order valence-electron chi connectivity index (χ2n) is 6.13. The SMILES string of the molecule is CN(Cc1ccc(N(C)C)cc1)C(=O)c1csc(-c2ccccc2)n1. The summed E-state index contributed by atoms with van der Waals surface area (Å²) < 4.78 is 0. The van der Waals surface area contributed by atoms with Crippen molar-refractivity contribution in [3.05, 3.63) is 71.2 Å². The number of nitrogens with zero attached hydrogens (tertiary/aromatic N) is 3. The maximum atomic E-state index is 12.6. The molecular formula is C20H21N3OS. The number of hydrogen-bond donors (Lipinski definition) is 0. The summed E-state index contributed by atoms with van der Waals surface area (Å²) in [5, 5.41) is 2.70. The molecule has 0 bridgehead atoms. The van der Waals surface area contributed by atoms with E-state index in [4.69, 9.17) is 0 Å². The molecule has 0 saturated carbocycles. The number of hydrogen-bond acceptors (Lipinski definition) is 4. The van der Waals surface area contributed by atoms with E-state index < -0.39 is 0 Å². The Balaban J connectivity index is 1.69. The highest BCUT2D eigenvalue weighted by Crippen LogP contribution is 2.24. The van der Waals surface area contributed by atoms with Crippen molar-refractivity contribution in [2.24, 2.45) is 0 Å². The molecule has 3 aromatic rings. The molecule has 0 unspecified atom stereocenters. The van der Waals surface area contributed by atoms with E-state index in [0.717, 1.165) is 21.8 Å². The normalized spacial score (nSPS) is 10.5. The number of carbonyl (C=O) groups excluding carboxylic acids is 1. The van der Waals surface area contributed by atoms with Crippen molar-refractivity contribution in [1.29, 1.82) is 0 Å². The fourth-order valence-electron chi connectivity index (χ4n) is 2.53. The molecule has 1 aromatic heterocycles. The second-order valence-corrected chi connectivity index (χ2v) is 6.98. The Kier molecular flexibility index (Phi) is 5.14. The van der Waals surface area contributed by atoms with Crippen molar-refractivity contribution in [2.75, 3.05) is 26.0 Å². The maximum absolute atomic E-state index is 12.6. The maximum Gasteiger partial charge on any atom is 0.273 e. The standard InChI is InChI=1S/C20H21N3OS/c1-22(2)17-11-9-15(10-12-17)13-23(3)20(24)18-14-25-19(21-18)16-7-5-4-6-8-16/h4-12,14H,13H2,1-3H3. The fourth-order valence-corrected chi connectivity index (χ4v) is 3.33. The number of anilines is 1. The molecule has 5 heteroatoms. The van der Waals surface area contributed by atoms with Crippen LogP contribution < -0.4 is 4.90 Å². The van der Waals surface area contributed by atoms with Gasteiger partial charge in [0.2, 0.25) is 0 Å². The quantitative estimate of drug-likeness (QED) is 0.693. The minimum absolute atomic E-state index is 0.0601. The van der Waals surface area contributed by atoms with Crippen LogP contribution in [0.25, 0.3) is 10.6 Å². The average Bonchev–Trinajstić information content (AvgIpc) is 3.12. The van der Waals surface area contributed by atoms with Crippen LogP contribution in [0.2, 0.25) is 0 Å². The lowest BCUT2D eigenvalue weighted by Gasteiger charge is -2.17. The number of aromatic nitrogens is 1. The van der Waals surface area contributed by atoms with Crippen LogP contribution in [-0.4, -0.2) is 36.9 Å². The van der Waals surface area contributed by atoms with Gasteiger partial charge in [-0.2, -0.15) is 0 Å². The number of amides is 1. The van der Waals surface area contributed by atoms with Crippen LogP contribution in [0.1, 0.15) is 16.1 Å². The van der Waals surface area contributed by atoms with Crippen LogP contribution in [-0.2, 0) is 6.54 Å². The van der Waals surface area contributed by atoms with Crippen molar-refractivity contribution in [2.45, 2.75) is 6.54 Å². The van der Waals surface area contributed by atoms with Crippen molar-refractivity contribution >= 4 is 22.9 Å². The number of rotatable bonds is 5. The first-order valence-electron chi connectivity index (χ1n) is 8.07. The zero-order chi connectivity index (χ0) is 17.8. The van der Waals surface area contributed by atoms with Crippen LogP contribution in [0.4, 0.5) is 5.69 Å². The van der Waals surface area contributed by atoms with Crippen LogP contribution in [0, 0.1) is 0 Å². The summed E-state index contributed by atoms with van der Waals surface area (Å²) in [4.78, 5) is 20.9. The van der Waals surface area contributed by atoms with Gasteiger partial charge in [-0.25, -0.2) is 4.98 Å². The first-order chi connectivity index (χ1) is 12.0. The first kappa shape index (κ1) is 17.2. The third-order valence-corrected chi connectivity index (χ3v) is 4.85. The summed E-state index contributed by atoms with van der Waals surface area (Å²) in [6.07, 6.45) is 0. The van der Waals surface area contributed by atoms with E-state index in [9.17, 15) is 4.79 Å². The van der Waals surface area contributed by atoms with Gasteiger partial charge in [-0.15, -0.1) is 11.3 Å². The van der Waals surface area contributed by atoms with Crippen molar-refractivity contribution < 1.29 is 4.79 Å². The largest absolute Gasteiger partial charge is 0.378 e. The van der Waals surface area contributed by atoms with Crippen molar-refractivity contribution in [3.8, 4) is 10.6 Å². The van der Waals surface area contributed by atoms with Gasteiger partial charge in [-0.1, -0.05) is 42.5 Å². The Bertz CT molecular complexity index is 841. The minimum atomic E-state index is -0.0601. The summed E-state index contributed by atoms with van der Waals surface area (Å²) in [5.74, 6) is -0.0601. The van der Waals surface area contributed by atoms with E-state index >= 15 is 0 Å². The highest BCUT2D eigenvalue weighted by Gasteiger charge is 2.16. The Morgan fingerprint density at radius 1 is 1.00 bits per heavy atom. The van der Waals surface area contributed by atoms with Gasteiger partial charge in [-0.05, 0) is 17.7 Å². The van der Waals surface area contributed by atoms with Crippen molar-refractivity contribution in [1.82, 2.24) is 9.88 Å². The molecule has 0 aliphatic carbocycles. The Morgan fingerprint density at radius 2 is 1.68 bits per heavy atom. The molecule has 0 aliphatic rings. The lowest BCUT2D eigenvalue weighted by Crippen LogP contribution is -2.26. The molecule has 3 rings (SSSR count). The first-order valence-corrected chi connectivity index (χ1v) is 8.95. The van der Waals surface area contributed by atoms with E-state index in [-0.39, 0.29) is 5.91 Å². The van der Waals surface area contributed by atoms with E-state index in [0.29, 0.717) is 12.2 Å². The van der Waals surface area contributed by atoms with Gasteiger partial charge in [0.1, 0.15) is 10.7 Å². The molecule has 0 spiro atoms. The Morgan fingerprint density at radius 3 is 2.32 bits per heavy atom. The summed E-state index contributed by atoms with van der Waals surface area (Å²) in [7, 11) is 5.83. The molecule has 25 heavy (non-hydrogen) atoms. The molecule has 0 aliphatic heterocycles. The molecule has 0 radical (unpaired) electrons. The number of thiazole rings is 1. The molecule has 2 aromatic carbocycles. The topological polar surface area (TPSA) is 36.4 Å². The Labute approximate surface area is 152 Å².